The van der Waals surface area contributed by atoms with Crippen molar-refractivity contribution in [2.24, 2.45) is 5.41 Å². The van der Waals surface area contributed by atoms with E-state index < -0.39 is 0 Å². The quantitative estimate of drug-likeness (QED) is 0.676. The predicted octanol–water partition coefficient (Wildman–Crippen LogP) is 3.05. The molecule has 70 valence electrons. The van der Waals surface area contributed by atoms with Crippen LogP contribution in [-0.2, 0) is 11.2 Å². The Morgan fingerprint density at radius 1 is 1.46 bits per heavy atom. The number of carbonyl (C=O) groups is 1. The van der Waals surface area contributed by atoms with Gasteiger partial charge in [0.2, 0.25) is 0 Å². The maximum Gasteiger partial charge on any atom is 0.126 e. The van der Waals surface area contributed by atoms with Crippen molar-refractivity contribution < 1.29 is 4.79 Å². The molecule has 0 N–H and O–H groups in total. The van der Waals surface area contributed by atoms with Crippen LogP contribution in [0.5, 0.6) is 0 Å². The average molecular weight is 194 g/mol. The van der Waals surface area contributed by atoms with Crippen LogP contribution in [0.25, 0.3) is 0 Å². The third-order valence-electron chi connectivity index (χ3n) is 2.99. The first kappa shape index (κ1) is 8.95. The summed E-state index contributed by atoms with van der Waals surface area (Å²) < 4.78 is 0. The molecule has 1 aliphatic rings. The molecule has 0 spiro atoms. The molecule has 1 aromatic rings. The topological polar surface area (TPSA) is 17.1 Å². The van der Waals surface area contributed by atoms with E-state index in [0.29, 0.717) is 0 Å². The standard InChI is InChI=1S/C11H14OS/c12-9-11(4-1-2-5-11)7-10-3-6-13-8-10/h3,6,8-9H,1-2,4-5,7H2. The summed E-state index contributed by atoms with van der Waals surface area (Å²) in [5, 5.41) is 4.24. The van der Waals surface area contributed by atoms with Crippen molar-refractivity contribution in [3.63, 3.8) is 0 Å². The second-order valence-electron chi connectivity index (χ2n) is 4.00. The van der Waals surface area contributed by atoms with Gasteiger partial charge in [0, 0.05) is 5.41 Å². The maximum atomic E-state index is 11.1. The van der Waals surface area contributed by atoms with Gasteiger partial charge in [0.25, 0.3) is 0 Å². The summed E-state index contributed by atoms with van der Waals surface area (Å²) in [7, 11) is 0. The van der Waals surface area contributed by atoms with Crippen molar-refractivity contribution in [3.8, 4) is 0 Å². The van der Waals surface area contributed by atoms with Gasteiger partial charge in [0.15, 0.2) is 0 Å². The van der Waals surface area contributed by atoms with Gasteiger partial charge in [-0.15, -0.1) is 0 Å². The second kappa shape index (κ2) is 3.62. The molecule has 0 radical (unpaired) electrons. The summed E-state index contributed by atoms with van der Waals surface area (Å²) in [5.74, 6) is 0. The van der Waals surface area contributed by atoms with Crippen molar-refractivity contribution >= 4 is 17.6 Å². The third kappa shape index (κ3) is 1.83. The molecule has 1 aromatic heterocycles. The fourth-order valence-corrected chi connectivity index (χ4v) is 2.88. The van der Waals surface area contributed by atoms with Gasteiger partial charge in [-0.3, -0.25) is 0 Å². The monoisotopic (exact) mass is 194 g/mol. The average Bonchev–Trinajstić information content (AvgIpc) is 2.77. The van der Waals surface area contributed by atoms with Gasteiger partial charge >= 0.3 is 0 Å². The van der Waals surface area contributed by atoms with Crippen LogP contribution >= 0.6 is 11.3 Å². The van der Waals surface area contributed by atoms with Crippen LogP contribution in [0.4, 0.5) is 0 Å². The van der Waals surface area contributed by atoms with Crippen LogP contribution in [0.2, 0.25) is 0 Å². The molecule has 0 saturated heterocycles. The van der Waals surface area contributed by atoms with Gasteiger partial charge < -0.3 is 4.79 Å². The van der Waals surface area contributed by atoms with Crippen LogP contribution in [0.3, 0.4) is 0 Å². The highest BCUT2D eigenvalue weighted by Crippen LogP contribution is 2.39. The van der Waals surface area contributed by atoms with E-state index in [0.717, 1.165) is 19.3 Å². The Morgan fingerprint density at radius 2 is 2.23 bits per heavy atom. The Kier molecular flexibility index (Phi) is 2.49. The fraction of sp³-hybridized carbons (Fsp3) is 0.545. The smallest absolute Gasteiger partial charge is 0.126 e. The van der Waals surface area contributed by atoms with Gasteiger partial charge in [-0.2, -0.15) is 11.3 Å². The van der Waals surface area contributed by atoms with E-state index in [9.17, 15) is 4.79 Å². The van der Waals surface area contributed by atoms with Crippen molar-refractivity contribution in [1.29, 1.82) is 0 Å². The Hall–Kier alpha value is -0.630. The molecule has 2 rings (SSSR count). The summed E-state index contributed by atoms with van der Waals surface area (Å²) >= 11 is 1.72. The first-order valence-electron chi connectivity index (χ1n) is 4.82. The number of rotatable bonds is 3. The SMILES string of the molecule is O=CC1(Cc2ccsc2)CCCC1. The first-order valence-corrected chi connectivity index (χ1v) is 5.76. The molecule has 0 amide bonds. The lowest BCUT2D eigenvalue weighted by Gasteiger charge is -2.20. The summed E-state index contributed by atoms with van der Waals surface area (Å²) in [6.07, 6.45) is 6.78. The Morgan fingerprint density at radius 3 is 2.77 bits per heavy atom. The summed E-state index contributed by atoms with van der Waals surface area (Å²) in [4.78, 5) is 11.1. The molecule has 0 aliphatic heterocycles. The highest BCUT2D eigenvalue weighted by atomic mass is 32.1. The number of aldehydes is 1. The summed E-state index contributed by atoms with van der Waals surface area (Å²) in [5.41, 5.74) is 1.32. The minimum absolute atomic E-state index is 0.0128. The number of thiophene rings is 1. The molecular formula is C11H14OS. The Bertz CT molecular complexity index is 270. The molecule has 0 atom stereocenters. The minimum atomic E-state index is -0.0128. The molecule has 0 bridgehead atoms. The lowest BCUT2D eigenvalue weighted by atomic mass is 9.82. The first-order chi connectivity index (χ1) is 6.35. The molecule has 1 nitrogen and oxygen atoms in total. The third-order valence-corrected chi connectivity index (χ3v) is 3.72. The van der Waals surface area contributed by atoms with E-state index in [4.69, 9.17) is 0 Å². The highest BCUT2D eigenvalue weighted by Gasteiger charge is 2.33. The van der Waals surface area contributed by atoms with Crippen molar-refractivity contribution in [2.45, 2.75) is 32.1 Å². The lowest BCUT2D eigenvalue weighted by Crippen LogP contribution is -2.20. The molecule has 0 unspecified atom stereocenters. The molecule has 0 aromatic carbocycles. The Balaban J connectivity index is 2.10. The van der Waals surface area contributed by atoms with E-state index in [1.807, 2.05) is 0 Å². The van der Waals surface area contributed by atoms with Gasteiger partial charge in [-0.1, -0.05) is 12.8 Å². The van der Waals surface area contributed by atoms with E-state index in [1.54, 1.807) is 11.3 Å². The predicted molar refractivity (Wildman–Crippen MR) is 55.0 cm³/mol. The Labute approximate surface area is 82.8 Å². The fourth-order valence-electron chi connectivity index (χ4n) is 2.22. The highest BCUT2D eigenvalue weighted by molar-refractivity contribution is 7.07. The van der Waals surface area contributed by atoms with E-state index in [-0.39, 0.29) is 5.41 Å². The molecule has 1 fully saturated rings. The van der Waals surface area contributed by atoms with Crippen LogP contribution in [0, 0.1) is 5.41 Å². The van der Waals surface area contributed by atoms with Crippen LogP contribution in [-0.4, -0.2) is 6.29 Å². The zero-order valence-corrected chi connectivity index (χ0v) is 8.48. The van der Waals surface area contributed by atoms with Crippen LogP contribution in [0.1, 0.15) is 31.2 Å². The number of hydrogen-bond donors (Lipinski definition) is 0. The molecule has 1 heterocycles. The van der Waals surface area contributed by atoms with Crippen molar-refractivity contribution in [1.82, 2.24) is 0 Å². The minimum Gasteiger partial charge on any atom is -0.303 e. The van der Waals surface area contributed by atoms with Gasteiger partial charge in [0.1, 0.15) is 6.29 Å². The van der Waals surface area contributed by atoms with Crippen LogP contribution < -0.4 is 0 Å². The zero-order valence-electron chi connectivity index (χ0n) is 7.66. The van der Waals surface area contributed by atoms with E-state index >= 15 is 0 Å². The number of carbonyl (C=O) groups excluding carboxylic acids is 1. The van der Waals surface area contributed by atoms with E-state index in [1.165, 1.54) is 24.7 Å². The largest absolute Gasteiger partial charge is 0.303 e. The zero-order chi connectivity index (χ0) is 9.15. The molecular weight excluding hydrogens is 180 g/mol. The summed E-state index contributed by atoms with van der Waals surface area (Å²) in [6.45, 7) is 0. The van der Waals surface area contributed by atoms with Gasteiger partial charge in [0.05, 0.1) is 0 Å². The van der Waals surface area contributed by atoms with Crippen molar-refractivity contribution in [2.75, 3.05) is 0 Å². The lowest BCUT2D eigenvalue weighted by molar-refractivity contribution is -0.115. The van der Waals surface area contributed by atoms with Gasteiger partial charge in [-0.25, -0.2) is 0 Å². The molecule has 1 aliphatic carbocycles. The maximum absolute atomic E-state index is 11.1. The van der Waals surface area contributed by atoms with Gasteiger partial charge in [-0.05, 0) is 41.7 Å². The molecule has 1 saturated carbocycles. The molecule has 2 heteroatoms. The van der Waals surface area contributed by atoms with Crippen molar-refractivity contribution in [3.05, 3.63) is 22.4 Å². The van der Waals surface area contributed by atoms with Crippen LogP contribution in [0.15, 0.2) is 16.8 Å². The normalized spacial score (nSPS) is 20.3. The van der Waals surface area contributed by atoms with E-state index in [2.05, 4.69) is 16.8 Å². The summed E-state index contributed by atoms with van der Waals surface area (Å²) in [6, 6.07) is 2.13. The second-order valence-corrected chi connectivity index (χ2v) is 4.78. The molecule has 13 heavy (non-hydrogen) atoms. The number of hydrogen-bond acceptors (Lipinski definition) is 2.